The number of amides is 1. The minimum atomic E-state index is -1.97. The number of anilines is 1. The van der Waals surface area contributed by atoms with Crippen molar-refractivity contribution in [2.45, 2.75) is 64.0 Å². The molecule has 1 unspecified atom stereocenters. The molecule has 7 rings (SSSR count). The topological polar surface area (TPSA) is 144 Å². The Labute approximate surface area is 270 Å². The van der Waals surface area contributed by atoms with Crippen molar-refractivity contribution in [1.82, 2.24) is 20.2 Å². The van der Waals surface area contributed by atoms with Crippen molar-refractivity contribution in [3.05, 3.63) is 91.5 Å². The number of carbonyl (C=O) groups excluding carboxylic acids is 2. The van der Waals surface area contributed by atoms with Crippen molar-refractivity contribution in [1.29, 1.82) is 0 Å². The number of pyridine rings is 2. The first-order chi connectivity index (χ1) is 22.6. The molecule has 3 aliphatic rings. The van der Waals surface area contributed by atoms with Crippen LogP contribution in [0.2, 0.25) is 0 Å². The second-order valence-electron chi connectivity index (χ2n) is 12.4. The zero-order valence-corrected chi connectivity index (χ0v) is 26.6. The summed E-state index contributed by atoms with van der Waals surface area (Å²) in [6, 6.07) is 10.1. The van der Waals surface area contributed by atoms with E-state index < -0.39 is 35.4 Å². The molecule has 1 amide bonds. The van der Waals surface area contributed by atoms with Crippen LogP contribution in [0.3, 0.4) is 0 Å². The number of hydrogen-bond donors (Lipinski definition) is 4. The maximum Gasteiger partial charge on any atom is 0.408 e. The highest BCUT2D eigenvalue weighted by molar-refractivity contribution is 5.93. The molecule has 244 valence electrons. The van der Waals surface area contributed by atoms with Gasteiger partial charge in [0, 0.05) is 41.9 Å². The van der Waals surface area contributed by atoms with Crippen LogP contribution in [-0.4, -0.2) is 47.4 Å². The number of aliphatic hydroxyl groups is 1. The van der Waals surface area contributed by atoms with Crippen LogP contribution in [0.4, 0.5) is 14.9 Å². The molecule has 11 nitrogen and oxygen atoms in total. The van der Waals surface area contributed by atoms with Gasteiger partial charge in [-0.2, -0.15) is 0 Å². The molecule has 0 saturated carbocycles. The summed E-state index contributed by atoms with van der Waals surface area (Å²) in [5.74, 6) is -1.20. The quantitative estimate of drug-likeness (QED) is 0.192. The summed E-state index contributed by atoms with van der Waals surface area (Å²) in [7, 11) is 3.62. The van der Waals surface area contributed by atoms with Crippen molar-refractivity contribution < 1.29 is 28.6 Å². The number of rotatable bonds is 7. The Hall–Kier alpha value is -4.81. The van der Waals surface area contributed by atoms with Crippen LogP contribution in [0.1, 0.15) is 70.9 Å². The minimum Gasteiger partial charge on any atom is -0.458 e. The van der Waals surface area contributed by atoms with E-state index in [4.69, 9.17) is 14.5 Å². The number of fused-ring (bicyclic) bond motifs is 5. The van der Waals surface area contributed by atoms with Crippen LogP contribution in [0.25, 0.3) is 22.3 Å². The molecule has 2 aromatic carbocycles. The Balaban J connectivity index is 1.32. The Bertz CT molecular complexity index is 2030. The molecule has 4 N–H and O–H groups in total. The van der Waals surface area contributed by atoms with Crippen LogP contribution in [0.5, 0.6) is 0 Å². The lowest BCUT2D eigenvalue weighted by atomic mass is 9.81. The first-order valence-electron chi connectivity index (χ1n) is 15.8. The minimum absolute atomic E-state index is 0.0150. The van der Waals surface area contributed by atoms with E-state index in [0.29, 0.717) is 41.9 Å². The predicted octanol–water partition coefficient (Wildman–Crippen LogP) is 4.24. The van der Waals surface area contributed by atoms with Gasteiger partial charge in [-0.05, 0) is 73.7 Å². The second kappa shape index (κ2) is 11.5. The third-order valence-corrected chi connectivity index (χ3v) is 9.88. The highest BCUT2D eigenvalue weighted by Gasteiger charge is 2.46. The van der Waals surface area contributed by atoms with Gasteiger partial charge in [-0.1, -0.05) is 19.1 Å². The third-order valence-electron chi connectivity index (χ3n) is 9.88. The summed E-state index contributed by atoms with van der Waals surface area (Å²) in [6.07, 6.45) is -0.168. The summed E-state index contributed by atoms with van der Waals surface area (Å²) in [6.45, 7) is 3.68. The van der Waals surface area contributed by atoms with Crippen LogP contribution >= 0.6 is 0 Å². The number of nitrogens with one attached hydrogen (secondary N) is 3. The molecule has 0 spiro atoms. The first kappa shape index (κ1) is 30.8. The van der Waals surface area contributed by atoms with Crippen molar-refractivity contribution >= 4 is 28.7 Å². The van der Waals surface area contributed by atoms with E-state index in [1.54, 1.807) is 31.5 Å². The summed E-state index contributed by atoms with van der Waals surface area (Å²) < 4.78 is 27.9. The molecule has 4 aromatic rings. The van der Waals surface area contributed by atoms with Gasteiger partial charge < -0.3 is 35.1 Å². The van der Waals surface area contributed by atoms with Gasteiger partial charge in [-0.3, -0.25) is 4.79 Å². The van der Waals surface area contributed by atoms with E-state index >= 15 is 4.39 Å². The average Bonchev–Trinajstić information content (AvgIpc) is 3.44. The molecule has 1 aliphatic carbocycles. The predicted molar refractivity (Wildman–Crippen MR) is 173 cm³/mol. The van der Waals surface area contributed by atoms with Crippen LogP contribution < -0.4 is 21.5 Å². The van der Waals surface area contributed by atoms with Crippen LogP contribution in [0, 0.1) is 12.7 Å². The summed E-state index contributed by atoms with van der Waals surface area (Å²) in [4.78, 5) is 44.9. The SMILES string of the molecule is CC[C@@]1(O)C(=O)OCc2c1cc1n(c2=O)Cc2c-1nc1cc(F)c(C)c3c1c2[C@@H](NC(=O)OC(CNC)c1ccc(NC)cc1)CC3. The molecule has 2 aliphatic heterocycles. The number of ether oxygens (including phenoxy) is 2. The second-order valence-corrected chi connectivity index (χ2v) is 12.4. The lowest BCUT2D eigenvalue weighted by Gasteiger charge is -2.31. The van der Waals surface area contributed by atoms with Crippen molar-refractivity contribution in [2.24, 2.45) is 0 Å². The number of carbonyl (C=O) groups is 2. The fourth-order valence-corrected chi connectivity index (χ4v) is 7.28. The summed E-state index contributed by atoms with van der Waals surface area (Å²) >= 11 is 0. The lowest BCUT2D eigenvalue weighted by molar-refractivity contribution is -0.172. The number of aromatic nitrogens is 2. The molecule has 47 heavy (non-hydrogen) atoms. The highest BCUT2D eigenvalue weighted by Crippen LogP contribution is 2.46. The summed E-state index contributed by atoms with van der Waals surface area (Å²) in [5, 5.41) is 21.3. The molecule has 12 heteroatoms. The van der Waals surface area contributed by atoms with Crippen molar-refractivity contribution in [2.75, 3.05) is 26.0 Å². The van der Waals surface area contributed by atoms with Gasteiger partial charge in [-0.15, -0.1) is 0 Å². The van der Waals surface area contributed by atoms with E-state index in [-0.39, 0.29) is 36.5 Å². The van der Waals surface area contributed by atoms with Crippen molar-refractivity contribution in [3.8, 4) is 11.4 Å². The first-order valence-corrected chi connectivity index (χ1v) is 15.8. The van der Waals surface area contributed by atoms with Gasteiger partial charge in [-0.25, -0.2) is 19.0 Å². The fraction of sp³-hybridized carbons (Fsp3) is 0.371. The van der Waals surface area contributed by atoms with Gasteiger partial charge in [0.2, 0.25) is 0 Å². The van der Waals surface area contributed by atoms with E-state index in [0.717, 1.165) is 33.3 Å². The highest BCUT2D eigenvalue weighted by atomic mass is 19.1. The maximum atomic E-state index is 15.2. The smallest absolute Gasteiger partial charge is 0.408 e. The van der Waals surface area contributed by atoms with E-state index in [1.165, 1.54) is 6.07 Å². The number of halogens is 1. The molecule has 4 heterocycles. The third kappa shape index (κ3) is 4.77. The Kier molecular flexibility index (Phi) is 7.52. The number of alkyl carbamates (subject to hydrolysis) is 1. The van der Waals surface area contributed by atoms with E-state index in [2.05, 4.69) is 16.0 Å². The number of aryl methyl sites for hydroxylation is 1. The van der Waals surface area contributed by atoms with E-state index in [1.807, 2.05) is 31.3 Å². The van der Waals surface area contributed by atoms with E-state index in [9.17, 15) is 19.5 Å². The van der Waals surface area contributed by atoms with Gasteiger partial charge >= 0.3 is 12.1 Å². The number of likely N-dealkylation sites (N-methyl/N-ethyl adjacent to an activating group) is 1. The molecule has 3 atom stereocenters. The maximum absolute atomic E-state index is 15.2. The van der Waals surface area contributed by atoms with Gasteiger partial charge in [0.1, 0.15) is 18.5 Å². The van der Waals surface area contributed by atoms with Gasteiger partial charge in [0.05, 0.1) is 35.1 Å². The fourth-order valence-electron chi connectivity index (χ4n) is 7.28. The molecular formula is C35H36FN5O6. The Morgan fingerprint density at radius 3 is 2.66 bits per heavy atom. The normalized spacial score (nSPS) is 19.8. The zero-order valence-electron chi connectivity index (χ0n) is 26.6. The van der Waals surface area contributed by atoms with Gasteiger partial charge in [0.15, 0.2) is 5.60 Å². The number of esters is 1. The molecular weight excluding hydrogens is 605 g/mol. The van der Waals surface area contributed by atoms with Crippen LogP contribution in [0.15, 0.2) is 41.2 Å². The number of hydrogen-bond acceptors (Lipinski definition) is 9. The summed E-state index contributed by atoms with van der Waals surface area (Å²) in [5.41, 5.74) is 3.87. The largest absolute Gasteiger partial charge is 0.458 e. The average molecular weight is 642 g/mol. The number of nitrogens with zero attached hydrogens (tertiary/aromatic N) is 2. The standard InChI is InChI=1S/C35H36FN5O6/c1-5-35(45)23-12-27-31-21(15-41(27)32(42)22(23)16-46-33(35)43)30-25(11-10-20-17(2)24(36)13-26(39-31)29(20)30)40-34(44)47-28(14-37-3)18-6-8-19(38-4)9-7-18/h6-9,12-13,25,28,37-38,45H,5,10-11,14-16H2,1-4H3,(H,40,44)/t25-,28?,35-/m0/s1. The Morgan fingerprint density at radius 2 is 1.96 bits per heavy atom. The molecule has 0 radical (unpaired) electrons. The zero-order chi connectivity index (χ0) is 33.2. The molecule has 0 fully saturated rings. The Morgan fingerprint density at radius 1 is 1.19 bits per heavy atom. The number of benzene rings is 2. The molecule has 0 saturated heterocycles. The lowest BCUT2D eigenvalue weighted by Crippen LogP contribution is -2.44. The van der Waals surface area contributed by atoms with Gasteiger partial charge in [0.25, 0.3) is 5.56 Å². The molecule has 2 aromatic heterocycles. The van der Waals surface area contributed by atoms with Crippen LogP contribution in [-0.2, 0) is 39.4 Å². The number of cyclic esters (lactones) is 1. The van der Waals surface area contributed by atoms with Crippen molar-refractivity contribution in [3.63, 3.8) is 0 Å². The monoisotopic (exact) mass is 641 g/mol. The molecule has 0 bridgehead atoms.